The molecule has 0 saturated heterocycles. The van der Waals surface area contributed by atoms with Crippen LogP contribution < -0.4 is 15.1 Å². The average Bonchev–Trinajstić information content (AvgIpc) is 3.46. The van der Waals surface area contributed by atoms with Gasteiger partial charge < -0.3 is 15.0 Å². The number of carbonyl (C=O) groups excluding carboxylic acids is 3. The number of amides is 2. The van der Waals surface area contributed by atoms with Crippen LogP contribution in [-0.2, 0) is 4.79 Å². The van der Waals surface area contributed by atoms with Gasteiger partial charge in [-0.15, -0.1) is 0 Å². The van der Waals surface area contributed by atoms with Gasteiger partial charge in [0, 0.05) is 6.04 Å². The lowest BCUT2D eigenvalue weighted by atomic mass is 9.69. The fourth-order valence-corrected chi connectivity index (χ4v) is 5.07. The molecule has 2 heterocycles. The van der Waals surface area contributed by atoms with E-state index in [1.54, 1.807) is 37.3 Å². The number of hydrogen-bond donors (Lipinski definition) is 2. The number of hydrazone groups is 1. The van der Waals surface area contributed by atoms with Gasteiger partial charge in [0.1, 0.15) is 11.6 Å². The van der Waals surface area contributed by atoms with Gasteiger partial charge >= 0.3 is 5.97 Å². The fraction of sp³-hybridized carbons (Fsp3) is 0.269. The molecule has 1 aliphatic carbocycles. The van der Waals surface area contributed by atoms with Crippen LogP contribution in [0.4, 0.5) is 10.1 Å². The number of ether oxygens (including phenoxy) is 1. The molecule has 190 valence electrons. The first-order valence-electron chi connectivity index (χ1n) is 11.8. The zero-order valence-electron chi connectivity index (χ0n) is 19.8. The second-order valence-corrected chi connectivity index (χ2v) is 9.46. The summed E-state index contributed by atoms with van der Waals surface area (Å²) >= 11 is 6.17. The molecule has 1 aromatic heterocycles. The van der Waals surface area contributed by atoms with Gasteiger partial charge in [0.25, 0.3) is 11.8 Å². The number of carbonyl (C=O) groups is 3. The summed E-state index contributed by atoms with van der Waals surface area (Å²) in [5.41, 5.74) is 0.0622. The van der Waals surface area contributed by atoms with E-state index in [-0.39, 0.29) is 28.4 Å². The van der Waals surface area contributed by atoms with Crippen molar-refractivity contribution >= 4 is 40.8 Å². The monoisotopic (exact) mass is 523 g/mol. The number of hydrogen-bond acceptors (Lipinski definition) is 6. The molecular formula is C26H23ClFN5O4. The number of imidazole rings is 1. The molecule has 0 radical (unpaired) electrons. The number of aromatic amines is 1. The molecule has 2 N–H and O–H groups in total. The highest BCUT2D eigenvalue weighted by Crippen LogP contribution is 2.45. The minimum Gasteiger partial charge on any atom is -0.422 e. The molecular weight excluding hydrogens is 501 g/mol. The van der Waals surface area contributed by atoms with Crippen LogP contribution in [0, 0.1) is 11.2 Å². The highest BCUT2D eigenvalue weighted by atomic mass is 35.5. The van der Waals surface area contributed by atoms with Gasteiger partial charge in [-0.05, 0) is 62.9 Å². The Hall–Kier alpha value is -4.05. The van der Waals surface area contributed by atoms with Crippen molar-refractivity contribution in [2.75, 3.05) is 5.01 Å². The van der Waals surface area contributed by atoms with Crippen molar-refractivity contribution in [3.05, 3.63) is 77.1 Å². The lowest BCUT2D eigenvalue weighted by Crippen LogP contribution is -2.47. The smallest absolute Gasteiger partial charge is 0.362 e. The highest BCUT2D eigenvalue weighted by Gasteiger charge is 2.51. The number of H-pyrrole nitrogens is 1. The Balaban J connectivity index is 1.23. The molecule has 5 rings (SSSR count). The number of para-hydroxylation sites is 1. The second-order valence-electron chi connectivity index (χ2n) is 9.06. The van der Waals surface area contributed by atoms with Crippen molar-refractivity contribution < 1.29 is 23.5 Å². The van der Waals surface area contributed by atoms with Gasteiger partial charge in [0.2, 0.25) is 0 Å². The van der Waals surface area contributed by atoms with E-state index in [0.29, 0.717) is 42.8 Å². The van der Waals surface area contributed by atoms with Crippen LogP contribution in [0.3, 0.4) is 0 Å². The van der Waals surface area contributed by atoms with E-state index in [9.17, 15) is 18.8 Å². The van der Waals surface area contributed by atoms with E-state index in [1.807, 2.05) is 0 Å². The number of benzene rings is 2. The number of esters is 1. The lowest BCUT2D eigenvalue weighted by Gasteiger charge is -2.36. The summed E-state index contributed by atoms with van der Waals surface area (Å²) in [6.45, 7) is 1.79. The number of halogens is 2. The van der Waals surface area contributed by atoms with E-state index in [1.165, 1.54) is 23.5 Å². The summed E-state index contributed by atoms with van der Waals surface area (Å²) in [6.07, 6.45) is 3.22. The minimum absolute atomic E-state index is 0.0469. The molecule has 2 aliphatic rings. The Morgan fingerprint density at radius 2 is 1.92 bits per heavy atom. The van der Waals surface area contributed by atoms with Crippen molar-refractivity contribution in [3.8, 4) is 5.75 Å². The molecule has 11 heteroatoms. The van der Waals surface area contributed by atoms with Gasteiger partial charge in [-0.25, -0.2) is 14.2 Å². The predicted octanol–water partition coefficient (Wildman–Crippen LogP) is 4.50. The molecule has 3 aromatic rings. The maximum absolute atomic E-state index is 13.5. The maximum atomic E-state index is 13.5. The van der Waals surface area contributed by atoms with Crippen LogP contribution >= 0.6 is 11.6 Å². The van der Waals surface area contributed by atoms with Crippen LogP contribution in [0.1, 0.15) is 53.6 Å². The van der Waals surface area contributed by atoms with E-state index in [4.69, 9.17) is 16.3 Å². The molecule has 0 unspecified atom stereocenters. The SMILES string of the molecule is CC1=NN(c2ccc(F)cc2Cl)C(=O)C12CCC(NC(=O)c1nc[nH]c1C(=O)Oc1ccccc1)CC2. The normalized spacial score (nSPS) is 21.2. The lowest BCUT2D eigenvalue weighted by molar-refractivity contribution is -0.125. The van der Waals surface area contributed by atoms with Gasteiger partial charge in [-0.1, -0.05) is 29.8 Å². The Labute approximate surface area is 216 Å². The third-order valence-corrected chi connectivity index (χ3v) is 7.17. The first kappa shape index (κ1) is 24.6. The van der Waals surface area contributed by atoms with Crippen molar-refractivity contribution in [2.24, 2.45) is 10.5 Å². The second kappa shape index (κ2) is 9.78. The summed E-state index contributed by atoms with van der Waals surface area (Å²) < 4.78 is 18.8. The number of rotatable bonds is 5. The van der Waals surface area contributed by atoms with E-state index in [2.05, 4.69) is 20.4 Å². The zero-order valence-corrected chi connectivity index (χ0v) is 20.6. The summed E-state index contributed by atoms with van der Waals surface area (Å²) in [4.78, 5) is 45.6. The van der Waals surface area contributed by atoms with Crippen LogP contribution in [-0.4, -0.2) is 39.5 Å². The minimum atomic E-state index is -0.810. The molecule has 2 amide bonds. The summed E-state index contributed by atoms with van der Waals surface area (Å²) in [5.74, 6) is -1.60. The molecule has 2 aromatic carbocycles. The predicted molar refractivity (Wildman–Crippen MR) is 134 cm³/mol. The average molecular weight is 524 g/mol. The third kappa shape index (κ3) is 4.60. The molecule has 37 heavy (non-hydrogen) atoms. The van der Waals surface area contributed by atoms with Crippen molar-refractivity contribution in [1.82, 2.24) is 15.3 Å². The van der Waals surface area contributed by atoms with E-state index >= 15 is 0 Å². The van der Waals surface area contributed by atoms with E-state index in [0.717, 1.165) is 6.07 Å². The van der Waals surface area contributed by atoms with Crippen LogP contribution in [0.2, 0.25) is 5.02 Å². The zero-order chi connectivity index (χ0) is 26.2. The Kier molecular flexibility index (Phi) is 6.51. The first-order chi connectivity index (χ1) is 17.8. The molecule has 1 aliphatic heterocycles. The van der Waals surface area contributed by atoms with Gasteiger partial charge in [0.05, 0.1) is 28.2 Å². The first-order valence-corrected chi connectivity index (χ1v) is 12.1. The summed E-state index contributed by atoms with van der Waals surface area (Å²) in [7, 11) is 0. The largest absolute Gasteiger partial charge is 0.422 e. The third-order valence-electron chi connectivity index (χ3n) is 6.87. The standard InChI is InChI=1S/C26H23ClFN5O4/c1-15-26(25(36)33(32-15)20-8-7-16(28)13-19(20)27)11-9-17(10-12-26)31-23(34)21-22(30-14-29-21)24(35)37-18-5-3-2-4-6-18/h2-8,13-14,17H,9-12H2,1H3,(H,29,30)(H,31,34). The molecule has 9 nitrogen and oxygen atoms in total. The molecule has 0 bridgehead atoms. The quantitative estimate of drug-likeness (QED) is 0.377. The fourth-order valence-electron chi connectivity index (χ4n) is 4.82. The Morgan fingerprint density at radius 3 is 2.62 bits per heavy atom. The van der Waals surface area contributed by atoms with Crippen molar-refractivity contribution in [2.45, 2.75) is 38.6 Å². The summed E-state index contributed by atoms with van der Waals surface area (Å²) in [6, 6.07) is 12.1. The molecule has 0 atom stereocenters. The summed E-state index contributed by atoms with van der Waals surface area (Å²) in [5, 5.41) is 8.70. The number of nitrogens with zero attached hydrogens (tertiary/aromatic N) is 3. The van der Waals surface area contributed by atoms with Crippen LogP contribution in [0.25, 0.3) is 0 Å². The number of anilines is 1. The molecule has 1 spiro atoms. The van der Waals surface area contributed by atoms with Crippen LogP contribution in [0.15, 0.2) is 60.0 Å². The van der Waals surface area contributed by atoms with Gasteiger partial charge in [-0.3, -0.25) is 9.59 Å². The maximum Gasteiger partial charge on any atom is 0.362 e. The van der Waals surface area contributed by atoms with Crippen molar-refractivity contribution in [3.63, 3.8) is 0 Å². The number of nitrogens with one attached hydrogen (secondary N) is 2. The molecule has 1 saturated carbocycles. The topological polar surface area (TPSA) is 117 Å². The van der Waals surface area contributed by atoms with Gasteiger partial charge in [-0.2, -0.15) is 10.1 Å². The van der Waals surface area contributed by atoms with Crippen molar-refractivity contribution in [1.29, 1.82) is 0 Å². The van der Waals surface area contributed by atoms with Gasteiger partial charge in [0.15, 0.2) is 11.4 Å². The highest BCUT2D eigenvalue weighted by molar-refractivity contribution is 6.34. The molecule has 1 fully saturated rings. The van der Waals surface area contributed by atoms with E-state index < -0.39 is 23.1 Å². The number of aromatic nitrogens is 2. The van der Waals surface area contributed by atoms with Crippen LogP contribution in [0.5, 0.6) is 5.75 Å². The Bertz CT molecular complexity index is 1400. The Morgan fingerprint density at radius 1 is 1.19 bits per heavy atom.